The molecule has 2 heterocycles. The van der Waals surface area contributed by atoms with E-state index in [0.717, 1.165) is 26.1 Å². The van der Waals surface area contributed by atoms with E-state index in [2.05, 4.69) is 10.6 Å². The van der Waals surface area contributed by atoms with E-state index in [1.165, 1.54) is 0 Å². The lowest BCUT2D eigenvalue weighted by Gasteiger charge is -2.29. The Kier molecular flexibility index (Phi) is 5.19. The number of hydrogen-bond acceptors (Lipinski definition) is 4. The third-order valence-electron chi connectivity index (χ3n) is 4.05. The topological polar surface area (TPSA) is 96.9 Å². The molecule has 7 heteroatoms. The molecular weight excluding hydrogens is 264 g/mol. The third-order valence-corrected chi connectivity index (χ3v) is 4.05. The molecule has 0 spiro atoms. The highest BCUT2D eigenvalue weighted by atomic mass is 16.5. The fourth-order valence-electron chi connectivity index (χ4n) is 2.69. The Bertz CT molecular complexity index is 357. The van der Waals surface area contributed by atoms with Gasteiger partial charge in [-0.25, -0.2) is 4.79 Å². The Hall–Kier alpha value is -1.34. The number of urea groups is 1. The van der Waals surface area contributed by atoms with Gasteiger partial charge in [0.15, 0.2) is 0 Å². The average Bonchev–Trinajstić information content (AvgIpc) is 2.87. The predicted molar refractivity (Wildman–Crippen MR) is 70.4 cm³/mol. The SMILES string of the molecule is CC(NC(=O)NC1COCC1C(=O)O)C1CCOCC1. The smallest absolute Gasteiger partial charge is 0.315 e. The van der Waals surface area contributed by atoms with Crippen LogP contribution < -0.4 is 10.6 Å². The summed E-state index contributed by atoms with van der Waals surface area (Å²) in [6.45, 7) is 3.83. The molecular formula is C13H22N2O5. The first-order chi connectivity index (χ1) is 9.58. The molecule has 0 radical (unpaired) electrons. The molecule has 114 valence electrons. The number of ether oxygens (including phenoxy) is 2. The van der Waals surface area contributed by atoms with Crippen LogP contribution >= 0.6 is 0 Å². The monoisotopic (exact) mass is 286 g/mol. The number of nitrogens with one attached hydrogen (secondary N) is 2. The van der Waals surface area contributed by atoms with Gasteiger partial charge in [-0.05, 0) is 25.7 Å². The molecule has 2 aliphatic rings. The number of carboxylic acids is 1. The molecule has 2 saturated heterocycles. The molecule has 0 bridgehead atoms. The zero-order valence-corrected chi connectivity index (χ0v) is 11.6. The molecule has 0 saturated carbocycles. The number of hydrogen-bond donors (Lipinski definition) is 3. The Morgan fingerprint density at radius 3 is 2.55 bits per heavy atom. The molecule has 2 fully saturated rings. The van der Waals surface area contributed by atoms with Crippen LogP contribution in [0.3, 0.4) is 0 Å². The summed E-state index contributed by atoms with van der Waals surface area (Å²) in [6, 6.07) is -0.746. The molecule has 2 aliphatic heterocycles. The lowest BCUT2D eigenvalue weighted by molar-refractivity contribution is -0.142. The van der Waals surface area contributed by atoms with Gasteiger partial charge in [0.25, 0.3) is 0 Å². The maximum Gasteiger partial charge on any atom is 0.315 e. The van der Waals surface area contributed by atoms with Crippen LogP contribution in [0.4, 0.5) is 4.79 Å². The van der Waals surface area contributed by atoms with Gasteiger partial charge in [0, 0.05) is 19.3 Å². The van der Waals surface area contributed by atoms with Gasteiger partial charge in [0.2, 0.25) is 0 Å². The van der Waals surface area contributed by atoms with E-state index in [-0.39, 0.29) is 25.3 Å². The highest BCUT2D eigenvalue weighted by Crippen LogP contribution is 2.18. The molecule has 3 unspecified atom stereocenters. The second kappa shape index (κ2) is 6.90. The molecule has 0 aromatic heterocycles. The Balaban J connectivity index is 1.78. The maximum atomic E-state index is 11.9. The van der Waals surface area contributed by atoms with Crippen molar-refractivity contribution in [3.05, 3.63) is 0 Å². The molecule has 20 heavy (non-hydrogen) atoms. The zero-order chi connectivity index (χ0) is 14.5. The van der Waals surface area contributed by atoms with Crippen molar-refractivity contribution in [2.45, 2.75) is 31.8 Å². The van der Waals surface area contributed by atoms with E-state index >= 15 is 0 Å². The standard InChI is InChI=1S/C13H22N2O5/c1-8(9-2-4-19-5-3-9)14-13(18)15-11-7-20-6-10(11)12(16)17/h8-11H,2-7H2,1H3,(H,16,17)(H2,14,15,18). The first kappa shape index (κ1) is 15.1. The highest BCUT2D eigenvalue weighted by molar-refractivity contribution is 5.77. The summed E-state index contributed by atoms with van der Waals surface area (Å²) in [4.78, 5) is 22.9. The van der Waals surface area contributed by atoms with Crippen LogP contribution in [0.15, 0.2) is 0 Å². The summed E-state index contributed by atoms with van der Waals surface area (Å²) in [7, 11) is 0. The van der Waals surface area contributed by atoms with Gasteiger partial charge in [-0.2, -0.15) is 0 Å². The summed E-state index contributed by atoms with van der Waals surface area (Å²) in [5.74, 6) is -1.20. The summed E-state index contributed by atoms with van der Waals surface area (Å²) < 4.78 is 10.4. The van der Waals surface area contributed by atoms with E-state index in [9.17, 15) is 9.59 Å². The summed E-state index contributed by atoms with van der Waals surface area (Å²) >= 11 is 0. The van der Waals surface area contributed by atoms with E-state index < -0.39 is 17.9 Å². The van der Waals surface area contributed by atoms with Crippen molar-refractivity contribution in [1.82, 2.24) is 10.6 Å². The molecule has 2 rings (SSSR count). The normalized spacial score (nSPS) is 28.9. The van der Waals surface area contributed by atoms with Crippen molar-refractivity contribution < 1.29 is 24.2 Å². The van der Waals surface area contributed by atoms with Gasteiger partial charge in [-0.1, -0.05) is 0 Å². The quantitative estimate of drug-likeness (QED) is 0.686. The largest absolute Gasteiger partial charge is 0.481 e. The average molecular weight is 286 g/mol. The Morgan fingerprint density at radius 2 is 1.90 bits per heavy atom. The molecule has 0 aromatic carbocycles. The van der Waals surface area contributed by atoms with Crippen molar-refractivity contribution in [3.63, 3.8) is 0 Å². The highest BCUT2D eigenvalue weighted by Gasteiger charge is 2.35. The number of carbonyl (C=O) groups excluding carboxylic acids is 1. The van der Waals surface area contributed by atoms with E-state index in [4.69, 9.17) is 14.6 Å². The molecule has 3 atom stereocenters. The van der Waals surface area contributed by atoms with Crippen LogP contribution in [0.1, 0.15) is 19.8 Å². The minimum atomic E-state index is -0.940. The van der Waals surface area contributed by atoms with Gasteiger partial charge in [0.05, 0.1) is 19.3 Å². The maximum absolute atomic E-state index is 11.9. The second-order valence-electron chi connectivity index (χ2n) is 5.44. The van der Waals surface area contributed by atoms with Gasteiger partial charge < -0.3 is 25.2 Å². The van der Waals surface area contributed by atoms with Crippen LogP contribution in [-0.4, -0.2) is 55.6 Å². The van der Waals surface area contributed by atoms with E-state index in [0.29, 0.717) is 5.92 Å². The van der Waals surface area contributed by atoms with Gasteiger partial charge >= 0.3 is 12.0 Å². The van der Waals surface area contributed by atoms with Crippen LogP contribution in [0, 0.1) is 11.8 Å². The molecule has 7 nitrogen and oxygen atoms in total. The third kappa shape index (κ3) is 3.83. The lowest BCUT2D eigenvalue weighted by atomic mass is 9.93. The predicted octanol–water partition coefficient (Wildman–Crippen LogP) is 0.200. The molecule has 2 amide bonds. The van der Waals surface area contributed by atoms with E-state index in [1.54, 1.807) is 0 Å². The number of carboxylic acid groups (broad SMARTS) is 1. The van der Waals surface area contributed by atoms with Gasteiger partial charge in [-0.3, -0.25) is 4.79 Å². The van der Waals surface area contributed by atoms with Crippen LogP contribution in [-0.2, 0) is 14.3 Å². The van der Waals surface area contributed by atoms with Crippen molar-refractivity contribution >= 4 is 12.0 Å². The Labute approximate surface area is 118 Å². The zero-order valence-electron chi connectivity index (χ0n) is 11.6. The van der Waals surface area contributed by atoms with Crippen LogP contribution in [0.2, 0.25) is 0 Å². The summed E-state index contributed by atoms with van der Waals surface area (Å²) in [6.07, 6.45) is 1.87. The minimum Gasteiger partial charge on any atom is -0.481 e. The number of aliphatic carboxylic acids is 1. The second-order valence-corrected chi connectivity index (χ2v) is 5.44. The van der Waals surface area contributed by atoms with Gasteiger partial charge in [-0.15, -0.1) is 0 Å². The first-order valence-electron chi connectivity index (χ1n) is 7.03. The van der Waals surface area contributed by atoms with Crippen LogP contribution in [0.5, 0.6) is 0 Å². The van der Waals surface area contributed by atoms with Crippen molar-refractivity contribution in [2.24, 2.45) is 11.8 Å². The van der Waals surface area contributed by atoms with Gasteiger partial charge in [0.1, 0.15) is 5.92 Å². The fraction of sp³-hybridized carbons (Fsp3) is 0.846. The number of carbonyl (C=O) groups is 2. The first-order valence-corrected chi connectivity index (χ1v) is 7.03. The van der Waals surface area contributed by atoms with Crippen LogP contribution in [0.25, 0.3) is 0 Å². The summed E-state index contributed by atoms with van der Waals surface area (Å²) in [5, 5.41) is 14.6. The molecule has 0 aliphatic carbocycles. The van der Waals surface area contributed by atoms with E-state index in [1.807, 2.05) is 6.92 Å². The number of amides is 2. The molecule has 0 aromatic rings. The lowest BCUT2D eigenvalue weighted by Crippen LogP contribution is -2.51. The van der Waals surface area contributed by atoms with Crippen molar-refractivity contribution in [1.29, 1.82) is 0 Å². The fourth-order valence-corrected chi connectivity index (χ4v) is 2.69. The Morgan fingerprint density at radius 1 is 1.20 bits per heavy atom. The minimum absolute atomic E-state index is 0.0458. The summed E-state index contributed by atoms with van der Waals surface area (Å²) in [5.41, 5.74) is 0. The molecule has 3 N–H and O–H groups in total. The number of rotatable bonds is 4. The van der Waals surface area contributed by atoms with Crippen molar-refractivity contribution in [3.8, 4) is 0 Å². The van der Waals surface area contributed by atoms with Crippen molar-refractivity contribution in [2.75, 3.05) is 26.4 Å².